The van der Waals surface area contributed by atoms with Crippen LogP contribution < -0.4 is 10.6 Å². The van der Waals surface area contributed by atoms with Crippen molar-refractivity contribution in [1.82, 2.24) is 20.5 Å². The first-order valence-electron chi connectivity index (χ1n) is 8.08. The zero-order valence-corrected chi connectivity index (χ0v) is 16.3. The summed E-state index contributed by atoms with van der Waals surface area (Å²) in [4.78, 5) is 22.6. The first kappa shape index (κ1) is 20.2. The van der Waals surface area contributed by atoms with Crippen LogP contribution in [0, 0.1) is 6.92 Å². The summed E-state index contributed by atoms with van der Waals surface area (Å²) in [6.45, 7) is 11.9. The van der Waals surface area contributed by atoms with Gasteiger partial charge in [0.1, 0.15) is 5.60 Å². The summed E-state index contributed by atoms with van der Waals surface area (Å²) in [6, 6.07) is 0. The molecule has 0 radical (unpaired) electrons. The van der Waals surface area contributed by atoms with Gasteiger partial charge in [0.25, 0.3) is 0 Å². The fourth-order valence-corrected chi connectivity index (χ4v) is 2.51. The minimum absolute atomic E-state index is 0.422. The molecule has 0 saturated carbocycles. The maximum absolute atomic E-state index is 11.6. The monoisotopic (exact) mass is 355 g/mol. The van der Waals surface area contributed by atoms with E-state index in [1.165, 1.54) is 0 Å². The largest absolute Gasteiger partial charge is 0.444 e. The number of aromatic nitrogens is 1. The summed E-state index contributed by atoms with van der Waals surface area (Å²) in [6.07, 6.45) is -0.422. The number of hydrogen-bond acceptors (Lipinski definition) is 5. The van der Waals surface area contributed by atoms with Crippen molar-refractivity contribution < 1.29 is 9.53 Å². The van der Waals surface area contributed by atoms with Crippen LogP contribution in [0.15, 0.2) is 10.4 Å². The molecule has 1 rings (SSSR count). The number of guanidine groups is 1. The molecule has 1 heterocycles. The number of aliphatic imine (C=N–C) groups is 1. The Bertz CT molecular complexity index is 551. The minimum atomic E-state index is -0.492. The van der Waals surface area contributed by atoms with Crippen molar-refractivity contribution >= 4 is 23.4 Å². The molecule has 0 aliphatic rings. The highest BCUT2D eigenvalue weighted by Gasteiger charge is 2.15. The first-order valence-corrected chi connectivity index (χ1v) is 8.96. The van der Waals surface area contributed by atoms with E-state index in [2.05, 4.69) is 26.0 Å². The van der Waals surface area contributed by atoms with Crippen LogP contribution in [0.3, 0.4) is 0 Å². The molecule has 136 valence electrons. The number of aryl methyl sites for hydroxylation is 1. The number of amides is 1. The Balaban J connectivity index is 2.48. The molecule has 1 aromatic heterocycles. The molecule has 0 fully saturated rings. The number of hydrogen-bond donors (Lipinski definition) is 2. The fourth-order valence-electron chi connectivity index (χ4n) is 1.90. The number of nitrogens with zero attached hydrogens (tertiary/aromatic N) is 3. The molecule has 0 aliphatic carbocycles. The Kier molecular flexibility index (Phi) is 7.97. The van der Waals surface area contributed by atoms with Crippen molar-refractivity contribution in [2.24, 2.45) is 4.99 Å². The number of nitrogens with one attached hydrogen (secondary N) is 2. The number of carbonyl (C=O) groups excluding carboxylic acids is 1. The topological polar surface area (TPSA) is 78.8 Å². The van der Waals surface area contributed by atoms with Gasteiger partial charge in [-0.2, -0.15) is 0 Å². The highest BCUT2D eigenvalue weighted by molar-refractivity contribution is 7.09. The smallest absolute Gasteiger partial charge is 0.407 e. The van der Waals surface area contributed by atoms with Crippen LogP contribution in [0.4, 0.5) is 4.79 Å². The molecule has 0 bridgehead atoms. The van der Waals surface area contributed by atoms with Crippen LogP contribution in [-0.2, 0) is 11.3 Å². The molecule has 0 aromatic carbocycles. The third kappa shape index (κ3) is 8.14. The summed E-state index contributed by atoms with van der Waals surface area (Å²) in [5.74, 6) is 0.786. The lowest BCUT2D eigenvalue weighted by Crippen LogP contribution is -2.39. The lowest BCUT2D eigenvalue weighted by Gasteiger charge is -2.21. The van der Waals surface area contributed by atoms with E-state index in [-0.39, 0.29) is 0 Å². The van der Waals surface area contributed by atoms with Gasteiger partial charge in [0, 0.05) is 25.5 Å². The second-order valence-corrected chi connectivity index (χ2v) is 7.44. The molecular formula is C16H29N5O2S. The Hall–Kier alpha value is -1.83. The quantitative estimate of drug-likeness (QED) is 0.465. The first-order chi connectivity index (χ1) is 11.2. The molecule has 1 amide bonds. The third-order valence-electron chi connectivity index (χ3n) is 2.80. The zero-order valence-electron chi connectivity index (χ0n) is 15.5. The van der Waals surface area contributed by atoms with Gasteiger partial charge in [-0.05, 0) is 34.6 Å². The highest BCUT2D eigenvalue weighted by Crippen LogP contribution is 2.09. The minimum Gasteiger partial charge on any atom is -0.444 e. The maximum Gasteiger partial charge on any atom is 0.407 e. The van der Waals surface area contributed by atoms with Gasteiger partial charge in [-0.15, -0.1) is 11.3 Å². The number of ether oxygens (including phenoxy) is 1. The van der Waals surface area contributed by atoms with E-state index in [0.717, 1.165) is 23.2 Å². The van der Waals surface area contributed by atoms with Gasteiger partial charge in [-0.1, -0.05) is 0 Å². The van der Waals surface area contributed by atoms with Crippen LogP contribution in [0.25, 0.3) is 0 Å². The second-order valence-electron chi connectivity index (χ2n) is 6.38. The molecule has 0 unspecified atom stereocenters. The van der Waals surface area contributed by atoms with E-state index in [4.69, 9.17) is 4.74 Å². The van der Waals surface area contributed by atoms with Crippen LogP contribution >= 0.6 is 11.3 Å². The summed E-state index contributed by atoms with van der Waals surface area (Å²) in [5.41, 5.74) is 0.534. The van der Waals surface area contributed by atoms with Gasteiger partial charge in [-0.3, -0.25) is 4.99 Å². The molecule has 8 heteroatoms. The predicted molar refractivity (Wildman–Crippen MR) is 98.5 cm³/mol. The van der Waals surface area contributed by atoms with Crippen LogP contribution in [0.2, 0.25) is 0 Å². The average molecular weight is 356 g/mol. The highest BCUT2D eigenvalue weighted by atomic mass is 32.1. The van der Waals surface area contributed by atoms with Crippen LogP contribution in [-0.4, -0.2) is 54.2 Å². The third-order valence-corrected chi connectivity index (χ3v) is 3.63. The second kappa shape index (κ2) is 9.46. The van der Waals surface area contributed by atoms with Gasteiger partial charge < -0.3 is 20.3 Å². The van der Waals surface area contributed by atoms with Crippen molar-refractivity contribution in [3.8, 4) is 0 Å². The standard InChI is InChI=1S/C16H29N5O2S/c1-7-17-14(21(6)10-13-11-24-12(2)20-13)18-8-9-19-15(22)23-16(3,4)5/h11H,7-10H2,1-6H3,(H,17,18)(H,19,22). The molecule has 0 spiro atoms. The Morgan fingerprint density at radius 1 is 1.42 bits per heavy atom. The summed E-state index contributed by atoms with van der Waals surface area (Å²) >= 11 is 1.64. The van der Waals surface area contributed by atoms with Crippen LogP contribution in [0.1, 0.15) is 38.4 Å². The average Bonchev–Trinajstić information content (AvgIpc) is 2.85. The van der Waals surface area contributed by atoms with E-state index in [1.807, 2.05) is 46.6 Å². The lowest BCUT2D eigenvalue weighted by atomic mass is 10.2. The van der Waals surface area contributed by atoms with E-state index >= 15 is 0 Å². The summed E-state index contributed by atoms with van der Waals surface area (Å²) < 4.78 is 5.19. The van der Waals surface area contributed by atoms with E-state index in [1.54, 1.807) is 11.3 Å². The van der Waals surface area contributed by atoms with Gasteiger partial charge in [0.15, 0.2) is 5.96 Å². The van der Waals surface area contributed by atoms with Crippen molar-refractivity contribution in [2.45, 2.75) is 46.8 Å². The normalized spacial score (nSPS) is 12.0. The summed E-state index contributed by atoms with van der Waals surface area (Å²) in [5, 5.41) is 9.06. The fraction of sp³-hybridized carbons (Fsp3) is 0.688. The van der Waals surface area contributed by atoms with E-state index in [0.29, 0.717) is 19.6 Å². The lowest BCUT2D eigenvalue weighted by molar-refractivity contribution is 0.0529. The van der Waals surface area contributed by atoms with Gasteiger partial charge >= 0.3 is 6.09 Å². The predicted octanol–water partition coefficient (Wildman–Crippen LogP) is 2.37. The zero-order chi connectivity index (χ0) is 18.2. The van der Waals surface area contributed by atoms with Crippen molar-refractivity contribution in [1.29, 1.82) is 0 Å². The van der Waals surface area contributed by atoms with Gasteiger partial charge in [-0.25, -0.2) is 9.78 Å². The molecule has 2 N–H and O–H groups in total. The van der Waals surface area contributed by atoms with Crippen LogP contribution in [0.5, 0.6) is 0 Å². The van der Waals surface area contributed by atoms with E-state index < -0.39 is 11.7 Å². The molecule has 0 aliphatic heterocycles. The van der Waals surface area contributed by atoms with Crippen molar-refractivity contribution in [3.63, 3.8) is 0 Å². The molecule has 24 heavy (non-hydrogen) atoms. The van der Waals surface area contributed by atoms with Gasteiger partial charge in [0.05, 0.1) is 23.8 Å². The number of rotatable bonds is 6. The van der Waals surface area contributed by atoms with Gasteiger partial charge in [0.2, 0.25) is 0 Å². The number of thiazole rings is 1. The summed E-state index contributed by atoms with van der Waals surface area (Å²) in [7, 11) is 1.97. The number of carbonyl (C=O) groups is 1. The Morgan fingerprint density at radius 2 is 2.12 bits per heavy atom. The molecule has 0 atom stereocenters. The van der Waals surface area contributed by atoms with Crippen molar-refractivity contribution in [2.75, 3.05) is 26.7 Å². The SMILES string of the molecule is CCNC(=NCCNC(=O)OC(C)(C)C)N(C)Cc1csc(C)n1. The Morgan fingerprint density at radius 3 is 2.67 bits per heavy atom. The molecule has 7 nitrogen and oxygen atoms in total. The molecule has 1 aromatic rings. The van der Waals surface area contributed by atoms with E-state index in [9.17, 15) is 4.79 Å². The Labute approximate surface area is 148 Å². The molecule has 0 saturated heterocycles. The van der Waals surface area contributed by atoms with Crippen molar-refractivity contribution in [3.05, 3.63) is 16.1 Å². The maximum atomic E-state index is 11.6. The number of alkyl carbamates (subject to hydrolysis) is 1. The molecular weight excluding hydrogens is 326 g/mol.